The zero-order valence-electron chi connectivity index (χ0n) is 10.3. The molecule has 1 aromatic rings. The number of rotatable bonds is 5. The van der Waals surface area contributed by atoms with Crippen LogP contribution < -0.4 is 15.5 Å². The van der Waals surface area contributed by atoms with Gasteiger partial charge in [0.2, 0.25) is 5.91 Å². The highest BCUT2D eigenvalue weighted by molar-refractivity contribution is 5.96. The van der Waals surface area contributed by atoms with Gasteiger partial charge in [0.1, 0.15) is 0 Å². The van der Waals surface area contributed by atoms with Gasteiger partial charge in [0.25, 0.3) is 0 Å². The number of imide groups is 1. The van der Waals surface area contributed by atoms with Crippen LogP contribution in [0.15, 0.2) is 43.0 Å². The van der Waals surface area contributed by atoms with E-state index in [1.54, 1.807) is 18.0 Å². The number of nitrogens with one attached hydrogen (secondary N) is 2. The summed E-state index contributed by atoms with van der Waals surface area (Å²) >= 11 is 0. The van der Waals surface area contributed by atoms with Crippen molar-refractivity contribution < 1.29 is 9.59 Å². The minimum absolute atomic E-state index is 0.117. The number of carbonyl (C=O) groups excluding carboxylic acids is 2. The Morgan fingerprint density at radius 1 is 1.33 bits per heavy atom. The van der Waals surface area contributed by atoms with Crippen molar-refractivity contribution >= 4 is 17.6 Å². The second-order valence-corrected chi connectivity index (χ2v) is 3.74. The van der Waals surface area contributed by atoms with Gasteiger partial charge in [-0.05, 0) is 12.1 Å². The monoisotopic (exact) mass is 247 g/mol. The highest BCUT2D eigenvalue weighted by atomic mass is 16.2. The fourth-order valence-electron chi connectivity index (χ4n) is 1.36. The molecule has 0 bridgehead atoms. The first-order valence-corrected chi connectivity index (χ1v) is 5.58. The Hall–Kier alpha value is -2.30. The van der Waals surface area contributed by atoms with Crippen molar-refractivity contribution in [1.29, 1.82) is 0 Å². The summed E-state index contributed by atoms with van der Waals surface area (Å²) in [5.74, 6) is -0.358. The lowest BCUT2D eigenvalue weighted by Gasteiger charge is -2.18. The van der Waals surface area contributed by atoms with E-state index >= 15 is 0 Å². The molecule has 2 N–H and O–H groups in total. The molecule has 0 radical (unpaired) electrons. The number of para-hydroxylation sites is 1. The quantitative estimate of drug-likeness (QED) is 0.767. The van der Waals surface area contributed by atoms with Crippen molar-refractivity contribution in [2.45, 2.75) is 0 Å². The molecule has 0 saturated carbocycles. The average Bonchev–Trinajstić information content (AvgIpc) is 2.37. The first kappa shape index (κ1) is 13.8. The van der Waals surface area contributed by atoms with Crippen molar-refractivity contribution in [3.8, 4) is 0 Å². The van der Waals surface area contributed by atoms with Crippen LogP contribution >= 0.6 is 0 Å². The molecule has 5 heteroatoms. The van der Waals surface area contributed by atoms with Crippen LogP contribution in [0.1, 0.15) is 0 Å². The summed E-state index contributed by atoms with van der Waals surface area (Å²) in [6.07, 6.45) is 1.54. The van der Waals surface area contributed by atoms with E-state index in [1.807, 2.05) is 30.3 Å². The van der Waals surface area contributed by atoms with E-state index in [1.165, 1.54) is 0 Å². The van der Waals surface area contributed by atoms with Crippen molar-refractivity contribution in [2.24, 2.45) is 0 Å². The summed E-state index contributed by atoms with van der Waals surface area (Å²) < 4.78 is 0. The maximum absolute atomic E-state index is 11.6. The second kappa shape index (κ2) is 7.11. The maximum Gasteiger partial charge on any atom is 0.321 e. The van der Waals surface area contributed by atoms with Crippen molar-refractivity contribution in [1.82, 2.24) is 10.6 Å². The van der Waals surface area contributed by atoms with Crippen LogP contribution in [0.3, 0.4) is 0 Å². The van der Waals surface area contributed by atoms with Crippen LogP contribution in [0.2, 0.25) is 0 Å². The number of nitrogens with zero attached hydrogens (tertiary/aromatic N) is 1. The molecular weight excluding hydrogens is 230 g/mol. The van der Waals surface area contributed by atoms with Crippen molar-refractivity contribution in [3.63, 3.8) is 0 Å². The smallest absolute Gasteiger partial charge is 0.321 e. The third-order valence-electron chi connectivity index (χ3n) is 2.24. The van der Waals surface area contributed by atoms with Gasteiger partial charge < -0.3 is 10.2 Å². The molecule has 0 spiro atoms. The molecule has 1 aromatic carbocycles. The standard InChI is InChI=1S/C13H17N3O2/c1-3-9-14-13(18)15-12(17)10-16(2)11-7-5-4-6-8-11/h3-8H,1,9-10H2,2H3,(H2,14,15,17,18). The molecule has 0 fully saturated rings. The summed E-state index contributed by atoms with van der Waals surface area (Å²) in [6.45, 7) is 3.91. The first-order chi connectivity index (χ1) is 8.63. The molecule has 0 unspecified atom stereocenters. The highest BCUT2D eigenvalue weighted by Gasteiger charge is 2.09. The van der Waals surface area contributed by atoms with Gasteiger partial charge >= 0.3 is 6.03 Å². The van der Waals surface area contributed by atoms with E-state index in [-0.39, 0.29) is 12.5 Å². The maximum atomic E-state index is 11.6. The Kier molecular flexibility index (Phi) is 5.44. The zero-order chi connectivity index (χ0) is 13.4. The largest absolute Gasteiger partial charge is 0.365 e. The minimum atomic E-state index is -0.513. The molecule has 96 valence electrons. The molecule has 18 heavy (non-hydrogen) atoms. The van der Waals surface area contributed by atoms with Gasteiger partial charge in [-0.15, -0.1) is 6.58 Å². The van der Waals surface area contributed by atoms with Crippen LogP contribution in [-0.2, 0) is 4.79 Å². The van der Waals surface area contributed by atoms with Crippen molar-refractivity contribution in [3.05, 3.63) is 43.0 Å². The molecule has 0 atom stereocenters. The molecule has 0 saturated heterocycles. The lowest BCUT2D eigenvalue weighted by atomic mass is 10.3. The molecule has 1 rings (SSSR count). The van der Waals surface area contributed by atoms with Crippen LogP contribution in [-0.4, -0.2) is 32.1 Å². The Balaban J connectivity index is 2.40. The lowest BCUT2D eigenvalue weighted by Crippen LogP contribution is -2.43. The fraction of sp³-hybridized carbons (Fsp3) is 0.231. The van der Waals surface area contributed by atoms with Crippen LogP contribution in [0.25, 0.3) is 0 Å². The summed E-state index contributed by atoms with van der Waals surface area (Å²) in [6, 6.07) is 8.96. The van der Waals surface area contributed by atoms with Gasteiger partial charge in [-0.25, -0.2) is 4.79 Å². The SMILES string of the molecule is C=CCNC(=O)NC(=O)CN(C)c1ccccc1. The van der Waals surface area contributed by atoms with E-state index in [4.69, 9.17) is 0 Å². The van der Waals surface area contributed by atoms with Crippen LogP contribution in [0.5, 0.6) is 0 Å². The van der Waals surface area contributed by atoms with E-state index < -0.39 is 6.03 Å². The fourth-order valence-corrected chi connectivity index (χ4v) is 1.36. The minimum Gasteiger partial charge on any atom is -0.365 e. The molecule has 0 aliphatic heterocycles. The molecular formula is C13H17N3O2. The lowest BCUT2D eigenvalue weighted by molar-refractivity contribution is -0.118. The van der Waals surface area contributed by atoms with E-state index in [9.17, 15) is 9.59 Å². The molecule has 0 aliphatic carbocycles. The number of carbonyl (C=O) groups is 2. The first-order valence-electron chi connectivity index (χ1n) is 5.58. The zero-order valence-corrected chi connectivity index (χ0v) is 10.3. The highest BCUT2D eigenvalue weighted by Crippen LogP contribution is 2.09. The molecule has 5 nitrogen and oxygen atoms in total. The molecule has 3 amide bonds. The summed E-state index contributed by atoms with van der Waals surface area (Å²) in [5.41, 5.74) is 0.916. The van der Waals surface area contributed by atoms with Gasteiger partial charge in [0.05, 0.1) is 6.54 Å². The van der Waals surface area contributed by atoms with Gasteiger partial charge in [0.15, 0.2) is 0 Å². The number of benzene rings is 1. The third-order valence-corrected chi connectivity index (χ3v) is 2.24. The van der Waals surface area contributed by atoms with Crippen molar-refractivity contribution in [2.75, 3.05) is 25.0 Å². The van der Waals surface area contributed by atoms with E-state index in [0.717, 1.165) is 5.69 Å². The molecule has 0 heterocycles. The third kappa shape index (κ3) is 4.69. The summed E-state index contributed by atoms with van der Waals surface area (Å²) in [4.78, 5) is 24.5. The number of amides is 3. The number of hydrogen-bond donors (Lipinski definition) is 2. The molecule has 0 aromatic heterocycles. The Labute approximate surface area is 106 Å². The van der Waals surface area contributed by atoms with E-state index in [2.05, 4.69) is 17.2 Å². The number of anilines is 1. The van der Waals surface area contributed by atoms with Crippen LogP contribution in [0, 0.1) is 0 Å². The van der Waals surface area contributed by atoms with E-state index in [0.29, 0.717) is 6.54 Å². The Morgan fingerprint density at radius 2 is 2.00 bits per heavy atom. The van der Waals surface area contributed by atoms with Gasteiger partial charge in [-0.1, -0.05) is 24.3 Å². The predicted octanol–water partition coefficient (Wildman–Crippen LogP) is 1.13. The second-order valence-electron chi connectivity index (χ2n) is 3.74. The van der Waals surface area contributed by atoms with Gasteiger partial charge in [0, 0.05) is 19.3 Å². The Morgan fingerprint density at radius 3 is 2.61 bits per heavy atom. The van der Waals surface area contributed by atoms with Gasteiger partial charge in [-0.2, -0.15) is 0 Å². The van der Waals surface area contributed by atoms with Crippen LogP contribution in [0.4, 0.5) is 10.5 Å². The van der Waals surface area contributed by atoms with Gasteiger partial charge in [-0.3, -0.25) is 10.1 Å². The number of likely N-dealkylation sites (N-methyl/N-ethyl adjacent to an activating group) is 1. The average molecular weight is 247 g/mol. The number of urea groups is 1. The Bertz CT molecular complexity index is 418. The predicted molar refractivity (Wildman–Crippen MR) is 71.5 cm³/mol. The topological polar surface area (TPSA) is 61.4 Å². The number of hydrogen-bond acceptors (Lipinski definition) is 3. The normalized spacial score (nSPS) is 9.39. The summed E-state index contributed by atoms with van der Waals surface area (Å²) in [7, 11) is 1.79. The summed E-state index contributed by atoms with van der Waals surface area (Å²) in [5, 5.41) is 4.71. The molecule has 0 aliphatic rings.